The van der Waals surface area contributed by atoms with Gasteiger partial charge in [-0.3, -0.25) is 0 Å². The molecule has 0 fully saturated rings. The van der Waals surface area contributed by atoms with Crippen LogP contribution in [0.15, 0.2) is 47.0 Å². The minimum Gasteiger partial charge on any atom is -0.485 e. The molecule has 0 aliphatic heterocycles. The third-order valence-corrected chi connectivity index (χ3v) is 4.35. The molecule has 0 atom stereocenters. The van der Waals surface area contributed by atoms with Gasteiger partial charge in [-0.25, -0.2) is 9.18 Å². The van der Waals surface area contributed by atoms with Gasteiger partial charge in [-0.1, -0.05) is 11.2 Å². The van der Waals surface area contributed by atoms with Gasteiger partial charge in [-0.15, -0.1) is 0 Å². The van der Waals surface area contributed by atoms with Crippen molar-refractivity contribution in [2.24, 2.45) is 0 Å². The summed E-state index contributed by atoms with van der Waals surface area (Å²) in [6.07, 6.45) is 3.19. The lowest BCUT2D eigenvalue weighted by molar-refractivity contribution is 0.0429. The zero-order valence-electron chi connectivity index (χ0n) is 14.5. The first-order valence-electron chi connectivity index (χ1n) is 8.66. The number of carbonyl (C=O) groups is 1. The van der Waals surface area contributed by atoms with Crippen molar-refractivity contribution >= 4 is 5.97 Å². The molecule has 3 aromatic rings. The summed E-state index contributed by atoms with van der Waals surface area (Å²) >= 11 is 0. The molecule has 0 amide bonds. The van der Waals surface area contributed by atoms with Crippen LogP contribution < -0.4 is 4.74 Å². The fourth-order valence-corrected chi connectivity index (χ4v) is 3.00. The summed E-state index contributed by atoms with van der Waals surface area (Å²) in [6, 6.07) is 11.3. The monoisotopic (exact) mass is 368 g/mol. The quantitative estimate of drug-likeness (QED) is 0.619. The molecule has 0 saturated heterocycles. The first-order chi connectivity index (χ1) is 13.2. The SMILES string of the molecule is O=C(OCc1nc(COc2ccc(F)cc2)no1)c1ccc2c(c1)CCC2. The fourth-order valence-electron chi connectivity index (χ4n) is 3.00. The Labute approximate surface area is 154 Å². The van der Waals surface area contributed by atoms with Crippen LogP contribution in [0.1, 0.15) is 39.6 Å². The number of fused-ring (bicyclic) bond motifs is 1. The Hall–Kier alpha value is -3.22. The highest BCUT2D eigenvalue weighted by atomic mass is 19.1. The van der Waals surface area contributed by atoms with Crippen molar-refractivity contribution in [2.75, 3.05) is 0 Å². The number of aryl methyl sites for hydroxylation is 2. The molecule has 1 aromatic heterocycles. The standard InChI is InChI=1S/C20H17FN2O4/c21-16-6-8-17(9-7-16)25-11-18-22-19(27-23-18)12-26-20(24)15-5-4-13-2-1-3-14(13)10-15/h4-10H,1-3,11-12H2. The molecule has 0 saturated carbocycles. The van der Waals surface area contributed by atoms with E-state index in [4.69, 9.17) is 14.0 Å². The van der Waals surface area contributed by atoms with E-state index in [9.17, 15) is 9.18 Å². The Morgan fingerprint density at radius 1 is 1.07 bits per heavy atom. The maximum Gasteiger partial charge on any atom is 0.338 e. The number of nitrogens with zero attached hydrogens (tertiary/aromatic N) is 2. The van der Waals surface area contributed by atoms with Crippen LogP contribution in [-0.2, 0) is 30.8 Å². The summed E-state index contributed by atoms with van der Waals surface area (Å²) in [7, 11) is 0. The molecule has 138 valence electrons. The first kappa shape index (κ1) is 17.2. The van der Waals surface area contributed by atoms with Gasteiger partial charge in [-0.2, -0.15) is 4.98 Å². The second kappa shape index (κ2) is 7.57. The van der Waals surface area contributed by atoms with Crippen LogP contribution in [0.5, 0.6) is 5.75 Å². The lowest BCUT2D eigenvalue weighted by atomic mass is 10.1. The van der Waals surface area contributed by atoms with Crippen molar-refractivity contribution in [1.82, 2.24) is 10.1 Å². The lowest BCUT2D eigenvalue weighted by Gasteiger charge is -2.04. The number of hydrogen-bond donors (Lipinski definition) is 0. The molecular formula is C20H17FN2O4. The zero-order chi connectivity index (χ0) is 18.6. The summed E-state index contributed by atoms with van der Waals surface area (Å²) < 4.78 is 28.6. The van der Waals surface area contributed by atoms with Gasteiger partial charge < -0.3 is 14.0 Å². The number of carbonyl (C=O) groups excluding carboxylic acids is 1. The molecule has 7 heteroatoms. The Bertz CT molecular complexity index is 953. The van der Waals surface area contributed by atoms with Crippen molar-refractivity contribution in [3.8, 4) is 5.75 Å². The highest BCUT2D eigenvalue weighted by Gasteiger charge is 2.16. The maximum atomic E-state index is 12.9. The van der Waals surface area contributed by atoms with Crippen LogP contribution in [0.2, 0.25) is 0 Å². The molecule has 27 heavy (non-hydrogen) atoms. The average Bonchev–Trinajstić information content (AvgIpc) is 3.34. The molecule has 2 aromatic carbocycles. The van der Waals surface area contributed by atoms with Gasteiger partial charge in [0.25, 0.3) is 5.89 Å². The predicted molar refractivity (Wildman–Crippen MR) is 92.6 cm³/mol. The first-order valence-corrected chi connectivity index (χ1v) is 8.66. The van der Waals surface area contributed by atoms with E-state index in [1.165, 1.54) is 35.4 Å². The highest BCUT2D eigenvalue weighted by Crippen LogP contribution is 2.23. The van der Waals surface area contributed by atoms with Gasteiger partial charge in [0.1, 0.15) is 11.6 Å². The maximum absolute atomic E-state index is 12.9. The van der Waals surface area contributed by atoms with E-state index in [-0.39, 0.29) is 24.9 Å². The third kappa shape index (κ3) is 4.13. The Kier molecular flexibility index (Phi) is 4.82. The Morgan fingerprint density at radius 3 is 2.74 bits per heavy atom. The molecule has 0 N–H and O–H groups in total. The summed E-state index contributed by atoms with van der Waals surface area (Å²) in [5.41, 5.74) is 3.03. The van der Waals surface area contributed by atoms with E-state index in [0.29, 0.717) is 17.1 Å². The van der Waals surface area contributed by atoms with E-state index in [1.807, 2.05) is 12.1 Å². The zero-order valence-corrected chi connectivity index (χ0v) is 14.5. The molecular weight excluding hydrogens is 351 g/mol. The molecule has 0 radical (unpaired) electrons. The van der Waals surface area contributed by atoms with Crippen LogP contribution in [0.3, 0.4) is 0 Å². The summed E-state index contributed by atoms with van der Waals surface area (Å²) in [6.45, 7) is -0.0482. The largest absolute Gasteiger partial charge is 0.485 e. The number of hydrogen-bond acceptors (Lipinski definition) is 6. The van der Waals surface area contributed by atoms with Gasteiger partial charge in [0.05, 0.1) is 5.56 Å². The average molecular weight is 368 g/mol. The summed E-state index contributed by atoms with van der Waals surface area (Å²) in [4.78, 5) is 16.3. The van der Waals surface area contributed by atoms with Crippen LogP contribution in [0.4, 0.5) is 4.39 Å². The number of rotatable bonds is 6. The molecule has 1 heterocycles. The Balaban J connectivity index is 1.30. The smallest absolute Gasteiger partial charge is 0.338 e. The van der Waals surface area contributed by atoms with Gasteiger partial charge in [0.15, 0.2) is 13.2 Å². The molecule has 6 nitrogen and oxygen atoms in total. The van der Waals surface area contributed by atoms with Crippen LogP contribution in [0.25, 0.3) is 0 Å². The van der Waals surface area contributed by atoms with E-state index in [0.717, 1.165) is 19.3 Å². The minimum absolute atomic E-state index is 0.0634. The van der Waals surface area contributed by atoms with E-state index < -0.39 is 5.97 Å². The fraction of sp³-hybridized carbons (Fsp3) is 0.250. The van der Waals surface area contributed by atoms with Crippen molar-refractivity contribution < 1.29 is 23.2 Å². The van der Waals surface area contributed by atoms with Gasteiger partial charge >= 0.3 is 5.97 Å². The molecule has 0 bridgehead atoms. The third-order valence-electron chi connectivity index (χ3n) is 4.35. The lowest BCUT2D eigenvalue weighted by Crippen LogP contribution is -2.06. The minimum atomic E-state index is -0.424. The molecule has 4 rings (SSSR count). The summed E-state index contributed by atoms with van der Waals surface area (Å²) in [5.74, 6) is 0.220. The number of esters is 1. The van der Waals surface area contributed by atoms with Crippen molar-refractivity contribution in [3.63, 3.8) is 0 Å². The molecule has 0 spiro atoms. The summed E-state index contributed by atoms with van der Waals surface area (Å²) in [5, 5.41) is 3.77. The second-order valence-electron chi connectivity index (χ2n) is 6.26. The highest BCUT2D eigenvalue weighted by molar-refractivity contribution is 5.89. The van der Waals surface area contributed by atoms with Crippen molar-refractivity contribution in [2.45, 2.75) is 32.5 Å². The number of aromatic nitrogens is 2. The van der Waals surface area contributed by atoms with Crippen LogP contribution in [-0.4, -0.2) is 16.1 Å². The van der Waals surface area contributed by atoms with Crippen molar-refractivity contribution in [3.05, 3.63) is 76.7 Å². The van der Waals surface area contributed by atoms with Crippen molar-refractivity contribution in [1.29, 1.82) is 0 Å². The molecule has 0 unspecified atom stereocenters. The van der Waals surface area contributed by atoms with Gasteiger partial charge in [0.2, 0.25) is 5.82 Å². The number of benzene rings is 2. The normalized spacial score (nSPS) is 12.6. The van der Waals surface area contributed by atoms with E-state index >= 15 is 0 Å². The Morgan fingerprint density at radius 2 is 1.89 bits per heavy atom. The van der Waals surface area contributed by atoms with E-state index in [1.54, 1.807) is 6.07 Å². The van der Waals surface area contributed by atoms with Gasteiger partial charge in [-0.05, 0) is 66.8 Å². The van der Waals surface area contributed by atoms with Gasteiger partial charge in [0, 0.05) is 0 Å². The van der Waals surface area contributed by atoms with Crippen LogP contribution >= 0.6 is 0 Å². The van der Waals surface area contributed by atoms with Crippen LogP contribution in [0, 0.1) is 5.82 Å². The van der Waals surface area contributed by atoms with E-state index in [2.05, 4.69) is 10.1 Å². The number of ether oxygens (including phenoxy) is 2. The topological polar surface area (TPSA) is 74.5 Å². The number of halogens is 1. The molecule has 1 aliphatic carbocycles. The predicted octanol–water partition coefficient (Wildman–Crippen LogP) is 3.63. The second-order valence-corrected chi connectivity index (χ2v) is 6.26. The molecule has 1 aliphatic rings.